The maximum Gasteiger partial charge on any atom is 0.339 e. The molecule has 2 heterocycles. The van der Waals surface area contributed by atoms with Gasteiger partial charge >= 0.3 is 11.9 Å². The molecule has 1 amide bonds. The Kier molecular flexibility index (Phi) is 7.99. The average Bonchev–Trinajstić information content (AvgIpc) is 3.24. The number of pyridine rings is 1. The standard InChI is InChI=1S/C21H18Cl2N4O6/c22-11-1-2-14(23)12(7-11)17-9-26-18(33-17)10-25-16(3-4-19(28)29)20(30)27-15-5-6-24-8-13(15)21(31)32/h1-2,5-9,16,25H,3-4,10H2,(H,28,29)(H,31,32)(H,24,27,30). The Labute approximate surface area is 197 Å². The van der Waals surface area contributed by atoms with Gasteiger partial charge in [-0.3, -0.25) is 19.9 Å². The number of amides is 1. The predicted octanol–water partition coefficient (Wildman–Crippen LogP) is 3.70. The number of nitrogens with one attached hydrogen (secondary N) is 2. The van der Waals surface area contributed by atoms with Gasteiger partial charge in [-0.15, -0.1) is 0 Å². The van der Waals surface area contributed by atoms with E-state index in [0.29, 0.717) is 21.4 Å². The first-order valence-corrected chi connectivity index (χ1v) is 10.3. The number of carbonyl (C=O) groups excluding carboxylic acids is 1. The van der Waals surface area contributed by atoms with Gasteiger partial charge in [0.25, 0.3) is 0 Å². The van der Waals surface area contributed by atoms with Gasteiger partial charge in [0.2, 0.25) is 11.8 Å². The monoisotopic (exact) mass is 492 g/mol. The highest BCUT2D eigenvalue weighted by Gasteiger charge is 2.22. The molecular weight excluding hydrogens is 475 g/mol. The van der Waals surface area contributed by atoms with Gasteiger partial charge in [-0.1, -0.05) is 23.2 Å². The number of hydrogen-bond donors (Lipinski definition) is 4. The minimum Gasteiger partial charge on any atom is -0.481 e. The summed E-state index contributed by atoms with van der Waals surface area (Å²) >= 11 is 12.2. The summed E-state index contributed by atoms with van der Waals surface area (Å²) in [6, 6.07) is 5.25. The summed E-state index contributed by atoms with van der Waals surface area (Å²) in [5.74, 6) is -2.37. The van der Waals surface area contributed by atoms with E-state index in [1.165, 1.54) is 18.5 Å². The number of hydrogen-bond acceptors (Lipinski definition) is 7. The fourth-order valence-corrected chi connectivity index (χ4v) is 3.28. The number of oxazole rings is 1. The number of aromatic nitrogens is 2. The number of anilines is 1. The van der Waals surface area contributed by atoms with Gasteiger partial charge in [-0.05, 0) is 30.7 Å². The normalized spacial score (nSPS) is 11.7. The second-order valence-corrected chi connectivity index (χ2v) is 7.67. The van der Waals surface area contributed by atoms with Crippen molar-refractivity contribution in [3.8, 4) is 11.3 Å². The minimum absolute atomic E-state index is 0.00196. The molecule has 2 aromatic heterocycles. The van der Waals surface area contributed by atoms with Crippen LogP contribution in [-0.4, -0.2) is 44.1 Å². The van der Waals surface area contributed by atoms with Gasteiger partial charge in [-0.25, -0.2) is 9.78 Å². The minimum atomic E-state index is -1.26. The first-order chi connectivity index (χ1) is 15.7. The van der Waals surface area contributed by atoms with Gasteiger partial charge < -0.3 is 19.9 Å². The first kappa shape index (κ1) is 24.2. The van der Waals surface area contributed by atoms with Crippen LogP contribution in [-0.2, 0) is 16.1 Å². The molecule has 0 saturated carbocycles. The largest absolute Gasteiger partial charge is 0.481 e. The summed E-state index contributed by atoms with van der Waals surface area (Å²) in [6.07, 6.45) is 3.55. The number of benzene rings is 1. The molecule has 33 heavy (non-hydrogen) atoms. The number of halogens is 2. The van der Waals surface area contributed by atoms with E-state index < -0.39 is 23.9 Å². The van der Waals surface area contributed by atoms with E-state index in [1.54, 1.807) is 18.2 Å². The molecule has 0 spiro atoms. The molecular formula is C21H18Cl2N4O6. The molecule has 0 saturated heterocycles. The third-order valence-corrected chi connectivity index (χ3v) is 5.08. The highest BCUT2D eigenvalue weighted by Crippen LogP contribution is 2.31. The van der Waals surface area contributed by atoms with Crippen LogP contribution in [0.2, 0.25) is 10.0 Å². The molecule has 0 aliphatic rings. The molecule has 0 aliphatic carbocycles. The summed E-state index contributed by atoms with van der Waals surface area (Å²) in [5.41, 5.74) is 0.388. The molecule has 0 radical (unpaired) electrons. The van der Waals surface area contributed by atoms with Crippen LogP contribution in [0.3, 0.4) is 0 Å². The molecule has 12 heteroatoms. The summed E-state index contributed by atoms with van der Waals surface area (Å²) in [7, 11) is 0. The van der Waals surface area contributed by atoms with Crippen LogP contribution < -0.4 is 10.6 Å². The zero-order valence-electron chi connectivity index (χ0n) is 16.9. The number of carbonyl (C=O) groups is 3. The second-order valence-electron chi connectivity index (χ2n) is 6.82. The first-order valence-electron chi connectivity index (χ1n) is 9.58. The third-order valence-electron chi connectivity index (χ3n) is 4.52. The van der Waals surface area contributed by atoms with Crippen molar-refractivity contribution in [3.05, 3.63) is 64.4 Å². The van der Waals surface area contributed by atoms with E-state index in [-0.39, 0.29) is 36.5 Å². The van der Waals surface area contributed by atoms with E-state index >= 15 is 0 Å². The summed E-state index contributed by atoms with van der Waals surface area (Å²) in [6.45, 7) is -0.00196. The topological polar surface area (TPSA) is 155 Å². The molecule has 3 rings (SSSR count). The highest BCUT2D eigenvalue weighted by molar-refractivity contribution is 6.35. The van der Waals surface area contributed by atoms with Gasteiger partial charge in [0.05, 0.1) is 29.5 Å². The molecule has 1 atom stereocenters. The summed E-state index contributed by atoms with van der Waals surface area (Å²) < 4.78 is 5.68. The van der Waals surface area contributed by atoms with Gasteiger partial charge in [0.1, 0.15) is 5.56 Å². The molecule has 10 nitrogen and oxygen atoms in total. The average molecular weight is 493 g/mol. The molecule has 4 N–H and O–H groups in total. The highest BCUT2D eigenvalue weighted by atomic mass is 35.5. The van der Waals surface area contributed by atoms with E-state index in [0.717, 1.165) is 6.20 Å². The molecule has 0 aliphatic heterocycles. The van der Waals surface area contributed by atoms with Crippen molar-refractivity contribution >= 4 is 46.7 Å². The molecule has 1 aromatic carbocycles. The lowest BCUT2D eigenvalue weighted by atomic mass is 10.1. The quantitative estimate of drug-likeness (QED) is 0.331. The fraction of sp³-hybridized carbons (Fsp3) is 0.190. The Bertz CT molecular complexity index is 1180. The lowest BCUT2D eigenvalue weighted by Crippen LogP contribution is -2.40. The van der Waals surface area contributed by atoms with Crippen molar-refractivity contribution in [2.24, 2.45) is 0 Å². The van der Waals surface area contributed by atoms with E-state index in [9.17, 15) is 19.5 Å². The maximum absolute atomic E-state index is 12.8. The van der Waals surface area contributed by atoms with E-state index in [2.05, 4.69) is 20.6 Å². The van der Waals surface area contributed by atoms with Crippen molar-refractivity contribution in [1.82, 2.24) is 15.3 Å². The Morgan fingerprint density at radius 3 is 2.64 bits per heavy atom. The fourth-order valence-electron chi connectivity index (χ4n) is 2.90. The van der Waals surface area contributed by atoms with Crippen LogP contribution in [0, 0.1) is 0 Å². The zero-order valence-corrected chi connectivity index (χ0v) is 18.4. The molecule has 3 aromatic rings. The summed E-state index contributed by atoms with van der Waals surface area (Å²) in [4.78, 5) is 43.0. The van der Waals surface area contributed by atoms with Gasteiger partial charge in [0, 0.05) is 29.4 Å². The SMILES string of the molecule is O=C(O)CCC(NCc1ncc(-c2cc(Cl)ccc2Cl)o1)C(=O)Nc1ccncc1C(=O)O. The van der Waals surface area contributed by atoms with Crippen molar-refractivity contribution in [2.75, 3.05) is 5.32 Å². The predicted molar refractivity (Wildman–Crippen MR) is 119 cm³/mol. The number of aliphatic carboxylic acids is 1. The third kappa shape index (κ3) is 6.51. The van der Waals surface area contributed by atoms with Gasteiger partial charge in [-0.2, -0.15) is 0 Å². The molecule has 1 unspecified atom stereocenters. The lowest BCUT2D eigenvalue weighted by Gasteiger charge is -2.17. The maximum atomic E-state index is 12.8. The van der Waals surface area contributed by atoms with Crippen LogP contribution in [0.25, 0.3) is 11.3 Å². The number of nitrogens with zero attached hydrogens (tertiary/aromatic N) is 2. The Hall–Kier alpha value is -3.47. The molecule has 0 fully saturated rings. The Morgan fingerprint density at radius 2 is 1.91 bits per heavy atom. The van der Waals surface area contributed by atoms with E-state index in [1.807, 2.05) is 0 Å². The van der Waals surface area contributed by atoms with Crippen LogP contribution >= 0.6 is 23.2 Å². The van der Waals surface area contributed by atoms with Crippen LogP contribution in [0.4, 0.5) is 5.69 Å². The van der Waals surface area contributed by atoms with Gasteiger partial charge in [0.15, 0.2) is 5.76 Å². The number of aromatic carboxylic acids is 1. The summed E-state index contributed by atoms with van der Waals surface area (Å²) in [5, 5.41) is 24.5. The van der Waals surface area contributed by atoms with Crippen molar-refractivity contribution in [1.29, 1.82) is 0 Å². The number of rotatable bonds is 10. The lowest BCUT2D eigenvalue weighted by molar-refractivity contribution is -0.137. The van der Waals surface area contributed by atoms with Crippen molar-refractivity contribution < 1.29 is 29.0 Å². The number of carboxylic acid groups (broad SMARTS) is 2. The van der Waals surface area contributed by atoms with E-state index in [4.69, 9.17) is 32.7 Å². The van der Waals surface area contributed by atoms with Crippen LogP contribution in [0.15, 0.2) is 47.3 Å². The smallest absolute Gasteiger partial charge is 0.339 e. The zero-order chi connectivity index (χ0) is 24.0. The molecule has 172 valence electrons. The Morgan fingerprint density at radius 1 is 1.12 bits per heavy atom. The van der Waals surface area contributed by atoms with Crippen molar-refractivity contribution in [3.63, 3.8) is 0 Å². The van der Waals surface area contributed by atoms with Crippen molar-refractivity contribution in [2.45, 2.75) is 25.4 Å². The number of carboxylic acids is 2. The van der Waals surface area contributed by atoms with Crippen LogP contribution in [0.1, 0.15) is 29.1 Å². The second kappa shape index (κ2) is 10.9. The van der Waals surface area contributed by atoms with Crippen LogP contribution in [0.5, 0.6) is 0 Å². The Balaban J connectivity index is 1.72. The molecule has 0 bridgehead atoms.